The zero-order valence-corrected chi connectivity index (χ0v) is 7.93. The second kappa shape index (κ2) is 7.61. The summed E-state index contributed by atoms with van der Waals surface area (Å²) < 4.78 is 0. The minimum Gasteiger partial charge on any atom is -0.379 e. The van der Waals surface area contributed by atoms with Gasteiger partial charge in [0, 0.05) is 20.1 Å². The summed E-state index contributed by atoms with van der Waals surface area (Å²) in [4.78, 5) is 2.20. The van der Waals surface area contributed by atoms with E-state index in [1.165, 1.54) is 0 Å². The highest BCUT2D eigenvalue weighted by molar-refractivity contribution is 4.79. The van der Waals surface area contributed by atoms with Gasteiger partial charge < -0.3 is 10.2 Å². The molecule has 0 aliphatic heterocycles. The van der Waals surface area contributed by atoms with Crippen LogP contribution in [-0.2, 0) is 0 Å². The Morgan fingerprint density at radius 3 is 2.64 bits per heavy atom. The largest absolute Gasteiger partial charge is 0.379 e. The van der Waals surface area contributed by atoms with Crippen LogP contribution in [-0.4, -0.2) is 31.6 Å². The van der Waals surface area contributed by atoms with Gasteiger partial charge in [-0.3, -0.25) is 0 Å². The van der Waals surface area contributed by atoms with E-state index in [1.807, 2.05) is 0 Å². The van der Waals surface area contributed by atoms with Gasteiger partial charge in [0.25, 0.3) is 0 Å². The Morgan fingerprint density at radius 2 is 2.09 bits per heavy atom. The molecule has 0 aliphatic rings. The summed E-state index contributed by atoms with van der Waals surface area (Å²) in [6.45, 7) is 7.49. The molecule has 0 heterocycles. The van der Waals surface area contributed by atoms with Crippen molar-refractivity contribution in [3.8, 4) is 0 Å². The van der Waals surface area contributed by atoms with Gasteiger partial charge in [0.15, 0.2) is 0 Å². The third-order valence-corrected chi connectivity index (χ3v) is 1.49. The first-order valence-electron chi connectivity index (χ1n) is 4.38. The van der Waals surface area contributed by atoms with Crippen molar-refractivity contribution in [2.24, 2.45) is 0 Å². The number of nitrogens with one attached hydrogen (secondary N) is 1. The van der Waals surface area contributed by atoms with Gasteiger partial charge in [0.05, 0.1) is 0 Å². The van der Waals surface area contributed by atoms with Crippen LogP contribution in [0.15, 0.2) is 12.3 Å². The van der Waals surface area contributed by atoms with Crippen molar-refractivity contribution in [2.45, 2.75) is 20.3 Å². The van der Waals surface area contributed by atoms with Crippen molar-refractivity contribution in [1.82, 2.24) is 10.2 Å². The van der Waals surface area contributed by atoms with E-state index in [-0.39, 0.29) is 0 Å². The van der Waals surface area contributed by atoms with Gasteiger partial charge in [-0.2, -0.15) is 0 Å². The summed E-state index contributed by atoms with van der Waals surface area (Å²) in [7, 11) is 2.10. The molecule has 1 N–H and O–H groups in total. The lowest BCUT2D eigenvalue weighted by atomic mass is 10.4. The van der Waals surface area contributed by atoms with E-state index in [4.69, 9.17) is 0 Å². The van der Waals surface area contributed by atoms with Crippen molar-refractivity contribution in [3.05, 3.63) is 12.3 Å². The second-order valence-electron chi connectivity index (χ2n) is 2.63. The van der Waals surface area contributed by atoms with Crippen molar-refractivity contribution < 1.29 is 0 Å². The number of rotatable bonds is 6. The second-order valence-corrected chi connectivity index (χ2v) is 2.63. The molecule has 0 atom stereocenters. The highest BCUT2D eigenvalue weighted by Crippen LogP contribution is 1.85. The van der Waals surface area contributed by atoms with Gasteiger partial charge in [0.2, 0.25) is 0 Å². The normalized spacial score (nSPS) is 10.8. The summed E-state index contributed by atoms with van der Waals surface area (Å²) in [5, 5.41) is 3.28. The Bertz CT molecular complexity index is 99.7. The molecule has 11 heavy (non-hydrogen) atoms. The maximum absolute atomic E-state index is 3.28. The Balaban J connectivity index is 3.21. The number of allylic oxidation sites excluding steroid dienone is 1. The molecule has 0 aromatic rings. The standard InChI is InChI=1S/C9H20N2/c1-4-6-8-11(3)9-7-10-5-2/h6,8,10H,4-5,7,9H2,1-3H3. The molecule has 2 nitrogen and oxygen atoms in total. The molecule has 0 aliphatic carbocycles. The molecule has 0 fully saturated rings. The lowest BCUT2D eigenvalue weighted by Crippen LogP contribution is -2.25. The Morgan fingerprint density at radius 1 is 1.36 bits per heavy atom. The van der Waals surface area contributed by atoms with E-state index in [9.17, 15) is 0 Å². The smallest absolute Gasteiger partial charge is 0.0294 e. The Kier molecular flexibility index (Phi) is 7.26. The average molecular weight is 156 g/mol. The fourth-order valence-corrected chi connectivity index (χ4v) is 0.792. The molecule has 0 spiro atoms. The zero-order valence-electron chi connectivity index (χ0n) is 7.93. The Labute approximate surface area is 70.3 Å². The molecule has 0 amide bonds. The zero-order chi connectivity index (χ0) is 8.53. The van der Waals surface area contributed by atoms with E-state index in [0.717, 1.165) is 26.1 Å². The number of hydrogen-bond acceptors (Lipinski definition) is 2. The van der Waals surface area contributed by atoms with Gasteiger partial charge in [-0.05, 0) is 19.2 Å². The highest BCUT2D eigenvalue weighted by Gasteiger charge is 1.87. The summed E-state index contributed by atoms with van der Waals surface area (Å²) in [5.74, 6) is 0. The van der Waals surface area contributed by atoms with Crippen molar-refractivity contribution >= 4 is 0 Å². The van der Waals surface area contributed by atoms with Gasteiger partial charge in [-0.1, -0.05) is 19.9 Å². The maximum Gasteiger partial charge on any atom is 0.0294 e. The summed E-state index contributed by atoms with van der Waals surface area (Å²) in [6, 6.07) is 0. The van der Waals surface area contributed by atoms with E-state index >= 15 is 0 Å². The van der Waals surface area contributed by atoms with E-state index < -0.39 is 0 Å². The van der Waals surface area contributed by atoms with E-state index in [2.05, 4.69) is 43.4 Å². The monoisotopic (exact) mass is 156 g/mol. The first kappa shape index (κ1) is 10.5. The topological polar surface area (TPSA) is 15.3 Å². The number of likely N-dealkylation sites (N-methyl/N-ethyl adjacent to an activating group) is 2. The molecule has 2 heteroatoms. The minimum absolute atomic E-state index is 1.06. The van der Waals surface area contributed by atoms with Gasteiger partial charge >= 0.3 is 0 Å². The van der Waals surface area contributed by atoms with Crippen LogP contribution in [0.4, 0.5) is 0 Å². The fourth-order valence-electron chi connectivity index (χ4n) is 0.792. The first-order chi connectivity index (χ1) is 5.31. The molecule has 0 aromatic heterocycles. The van der Waals surface area contributed by atoms with Crippen LogP contribution >= 0.6 is 0 Å². The fraction of sp³-hybridized carbons (Fsp3) is 0.778. The maximum atomic E-state index is 3.28. The quantitative estimate of drug-likeness (QED) is 0.586. The third-order valence-electron chi connectivity index (χ3n) is 1.49. The molecule has 0 unspecified atom stereocenters. The Hall–Kier alpha value is -0.500. The molecule has 0 bridgehead atoms. The lowest BCUT2D eigenvalue weighted by molar-refractivity contribution is 0.444. The van der Waals surface area contributed by atoms with Crippen LogP contribution < -0.4 is 5.32 Å². The van der Waals surface area contributed by atoms with Crippen LogP contribution in [0.2, 0.25) is 0 Å². The van der Waals surface area contributed by atoms with Gasteiger partial charge in [-0.25, -0.2) is 0 Å². The predicted molar refractivity (Wildman–Crippen MR) is 50.6 cm³/mol. The van der Waals surface area contributed by atoms with E-state index in [0.29, 0.717) is 0 Å². The summed E-state index contributed by atoms with van der Waals surface area (Å²) >= 11 is 0. The molecule has 0 rings (SSSR count). The third kappa shape index (κ3) is 7.40. The highest BCUT2D eigenvalue weighted by atomic mass is 15.1. The number of nitrogens with zero attached hydrogens (tertiary/aromatic N) is 1. The molecular weight excluding hydrogens is 136 g/mol. The van der Waals surface area contributed by atoms with Crippen molar-refractivity contribution in [2.75, 3.05) is 26.7 Å². The number of hydrogen-bond donors (Lipinski definition) is 1. The van der Waals surface area contributed by atoms with Gasteiger partial charge in [-0.15, -0.1) is 0 Å². The van der Waals surface area contributed by atoms with E-state index in [1.54, 1.807) is 0 Å². The average Bonchev–Trinajstić information content (AvgIpc) is 2.01. The molecule has 0 radical (unpaired) electrons. The van der Waals surface area contributed by atoms with Crippen LogP contribution in [0.25, 0.3) is 0 Å². The van der Waals surface area contributed by atoms with Crippen LogP contribution in [0.1, 0.15) is 20.3 Å². The van der Waals surface area contributed by atoms with Crippen molar-refractivity contribution in [1.29, 1.82) is 0 Å². The van der Waals surface area contributed by atoms with Crippen LogP contribution in [0.3, 0.4) is 0 Å². The lowest BCUT2D eigenvalue weighted by Gasteiger charge is -2.13. The van der Waals surface area contributed by atoms with Crippen LogP contribution in [0.5, 0.6) is 0 Å². The molecule has 66 valence electrons. The molecular formula is C9H20N2. The molecule has 0 saturated heterocycles. The first-order valence-corrected chi connectivity index (χ1v) is 4.38. The predicted octanol–water partition coefficient (Wildman–Crippen LogP) is 1.45. The van der Waals surface area contributed by atoms with Gasteiger partial charge in [0.1, 0.15) is 0 Å². The van der Waals surface area contributed by atoms with Crippen molar-refractivity contribution in [3.63, 3.8) is 0 Å². The molecule has 0 saturated carbocycles. The molecule has 0 aromatic carbocycles. The summed E-state index contributed by atoms with van der Waals surface area (Å²) in [6.07, 6.45) is 5.43. The minimum atomic E-state index is 1.06. The summed E-state index contributed by atoms with van der Waals surface area (Å²) in [5.41, 5.74) is 0. The SMILES string of the molecule is CCC=CN(C)CCNCC. The van der Waals surface area contributed by atoms with Crippen LogP contribution in [0, 0.1) is 0 Å².